The molecule has 3 heteroatoms. The van der Waals surface area contributed by atoms with Crippen LogP contribution in [-0.4, -0.2) is 5.78 Å². The SMILES string of the molecule is O=C(c1cccc(Cl)c1Cl)C1CCCC1. The van der Waals surface area contributed by atoms with Crippen molar-refractivity contribution in [3.05, 3.63) is 33.8 Å². The van der Waals surface area contributed by atoms with Gasteiger partial charge in [-0.15, -0.1) is 0 Å². The number of hydrogen-bond acceptors (Lipinski definition) is 1. The van der Waals surface area contributed by atoms with Gasteiger partial charge in [0.1, 0.15) is 0 Å². The fourth-order valence-electron chi connectivity index (χ4n) is 2.10. The first-order valence-corrected chi connectivity index (χ1v) is 5.94. The first kappa shape index (κ1) is 11.0. The molecule has 0 radical (unpaired) electrons. The summed E-state index contributed by atoms with van der Waals surface area (Å²) in [6, 6.07) is 5.24. The van der Waals surface area contributed by atoms with Crippen molar-refractivity contribution in [2.24, 2.45) is 5.92 Å². The highest BCUT2D eigenvalue weighted by Gasteiger charge is 2.25. The zero-order chi connectivity index (χ0) is 10.8. The Morgan fingerprint density at radius 1 is 1.20 bits per heavy atom. The maximum Gasteiger partial charge on any atom is 0.167 e. The van der Waals surface area contributed by atoms with Gasteiger partial charge in [-0.1, -0.05) is 42.1 Å². The summed E-state index contributed by atoms with van der Waals surface area (Å²) in [5.41, 5.74) is 0.580. The topological polar surface area (TPSA) is 17.1 Å². The lowest BCUT2D eigenvalue weighted by Gasteiger charge is -2.09. The van der Waals surface area contributed by atoms with Gasteiger partial charge in [0.25, 0.3) is 0 Å². The van der Waals surface area contributed by atoms with Crippen LogP contribution >= 0.6 is 23.2 Å². The third kappa shape index (κ3) is 2.19. The van der Waals surface area contributed by atoms with Crippen molar-refractivity contribution in [2.75, 3.05) is 0 Å². The Balaban J connectivity index is 2.28. The molecule has 0 amide bonds. The fourth-order valence-corrected chi connectivity index (χ4v) is 2.50. The van der Waals surface area contributed by atoms with Gasteiger partial charge in [-0.3, -0.25) is 4.79 Å². The number of carbonyl (C=O) groups excluding carboxylic acids is 1. The Morgan fingerprint density at radius 3 is 2.53 bits per heavy atom. The highest BCUT2D eigenvalue weighted by Crippen LogP contribution is 2.32. The van der Waals surface area contributed by atoms with Crippen LogP contribution in [0.4, 0.5) is 0 Å². The average Bonchev–Trinajstić information content (AvgIpc) is 2.74. The van der Waals surface area contributed by atoms with Gasteiger partial charge in [0.15, 0.2) is 5.78 Å². The number of rotatable bonds is 2. The van der Waals surface area contributed by atoms with Crippen LogP contribution in [0.15, 0.2) is 18.2 Å². The molecule has 0 saturated heterocycles. The molecule has 0 N–H and O–H groups in total. The second kappa shape index (κ2) is 4.54. The number of benzene rings is 1. The maximum atomic E-state index is 12.1. The zero-order valence-corrected chi connectivity index (χ0v) is 9.81. The molecule has 0 aromatic heterocycles. The van der Waals surface area contributed by atoms with E-state index in [0.29, 0.717) is 15.6 Å². The van der Waals surface area contributed by atoms with Crippen molar-refractivity contribution < 1.29 is 4.79 Å². The lowest BCUT2D eigenvalue weighted by Crippen LogP contribution is -2.11. The number of halogens is 2. The summed E-state index contributed by atoms with van der Waals surface area (Å²) in [4.78, 5) is 12.1. The highest BCUT2D eigenvalue weighted by molar-refractivity contribution is 6.43. The second-order valence-corrected chi connectivity index (χ2v) is 4.73. The molecule has 1 aromatic rings. The van der Waals surface area contributed by atoms with Crippen LogP contribution in [-0.2, 0) is 0 Å². The summed E-state index contributed by atoms with van der Waals surface area (Å²) < 4.78 is 0. The molecule has 1 saturated carbocycles. The van der Waals surface area contributed by atoms with Crippen LogP contribution in [0.3, 0.4) is 0 Å². The predicted molar refractivity (Wildman–Crippen MR) is 62.8 cm³/mol. The van der Waals surface area contributed by atoms with E-state index in [9.17, 15) is 4.79 Å². The van der Waals surface area contributed by atoms with E-state index in [1.54, 1.807) is 18.2 Å². The van der Waals surface area contributed by atoms with Gasteiger partial charge in [0, 0.05) is 11.5 Å². The van der Waals surface area contributed by atoms with E-state index in [0.717, 1.165) is 25.7 Å². The van der Waals surface area contributed by atoms with E-state index in [1.165, 1.54) is 0 Å². The van der Waals surface area contributed by atoms with E-state index in [1.807, 2.05) is 0 Å². The molecule has 0 unspecified atom stereocenters. The number of hydrogen-bond donors (Lipinski definition) is 0. The van der Waals surface area contributed by atoms with Gasteiger partial charge >= 0.3 is 0 Å². The van der Waals surface area contributed by atoms with E-state index in [2.05, 4.69) is 0 Å². The Morgan fingerprint density at radius 2 is 1.87 bits per heavy atom. The molecule has 1 aliphatic rings. The van der Waals surface area contributed by atoms with Crippen LogP contribution in [0.1, 0.15) is 36.0 Å². The minimum atomic E-state index is 0.153. The molecule has 0 aliphatic heterocycles. The van der Waals surface area contributed by atoms with Gasteiger partial charge < -0.3 is 0 Å². The quantitative estimate of drug-likeness (QED) is 0.705. The molecule has 1 nitrogen and oxygen atoms in total. The standard InChI is InChI=1S/C12H12Cl2O/c13-10-7-3-6-9(11(10)14)12(15)8-4-1-2-5-8/h3,6-8H,1-2,4-5H2. The van der Waals surface area contributed by atoms with Crippen molar-refractivity contribution in [3.8, 4) is 0 Å². The zero-order valence-electron chi connectivity index (χ0n) is 8.30. The van der Waals surface area contributed by atoms with Gasteiger partial charge in [0.2, 0.25) is 0 Å². The maximum absolute atomic E-state index is 12.1. The molecular formula is C12H12Cl2O. The van der Waals surface area contributed by atoms with Crippen LogP contribution in [0.2, 0.25) is 10.0 Å². The Labute approximate surface area is 99.4 Å². The summed E-state index contributed by atoms with van der Waals surface area (Å²) >= 11 is 11.9. The molecule has 0 heterocycles. The smallest absolute Gasteiger partial charge is 0.167 e. The molecule has 1 aliphatic carbocycles. The summed E-state index contributed by atoms with van der Waals surface area (Å²) in [5.74, 6) is 0.306. The van der Waals surface area contributed by atoms with Gasteiger partial charge in [0.05, 0.1) is 10.0 Å². The monoisotopic (exact) mass is 242 g/mol. The molecule has 0 bridgehead atoms. The molecule has 0 atom stereocenters. The lowest BCUT2D eigenvalue weighted by atomic mass is 9.96. The van der Waals surface area contributed by atoms with Crippen LogP contribution in [0, 0.1) is 5.92 Å². The summed E-state index contributed by atoms with van der Waals surface area (Å²) in [5, 5.41) is 0.858. The fraction of sp³-hybridized carbons (Fsp3) is 0.417. The third-order valence-electron chi connectivity index (χ3n) is 2.94. The van der Waals surface area contributed by atoms with Crippen molar-refractivity contribution in [1.82, 2.24) is 0 Å². The number of Topliss-reactive ketones (excluding diaryl/α,β-unsaturated/α-hetero) is 1. The van der Waals surface area contributed by atoms with Crippen LogP contribution in [0.5, 0.6) is 0 Å². The minimum Gasteiger partial charge on any atom is -0.294 e. The normalized spacial score (nSPS) is 16.9. The van der Waals surface area contributed by atoms with Gasteiger partial charge in [-0.2, -0.15) is 0 Å². The van der Waals surface area contributed by atoms with Crippen LogP contribution < -0.4 is 0 Å². The molecule has 0 spiro atoms. The molecule has 1 aromatic carbocycles. The Kier molecular flexibility index (Phi) is 3.32. The van der Waals surface area contributed by atoms with Crippen LogP contribution in [0.25, 0.3) is 0 Å². The first-order chi connectivity index (χ1) is 7.20. The van der Waals surface area contributed by atoms with Crippen molar-refractivity contribution in [2.45, 2.75) is 25.7 Å². The summed E-state index contributed by atoms with van der Waals surface area (Å²) in [6.07, 6.45) is 4.27. The van der Waals surface area contributed by atoms with E-state index >= 15 is 0 Å². The van der Waals surface area contributed by atoms with Gasteiger partial charge in [-0.25, -0.2) is 0 Å². The third-order valence-corrected chi connectivity index (χ3v) is 3.76. The second-order valence-electron chi connectivity index (χ2n) is 3.95. The molecule has 2 rings (SSSR count). The minimum absolute atomic E-state index is 0.153. The highest BCUT2D eigenvalue weighted by atomic mass is 35.5. The largest absolute Gasteiger partial charge is 0.294 e. The summed E-state index contributed by atoms with van der Waals surface area (Å²) in [6.45, 7) is 0. The van der Waals surface area contributed by atoms with E-state index in [4.69, 9.17) is 23.2 Å². The molecule has 15 heavy (non-hydrogen) atoms. The predicted octanol–water partition coefficient (Wildman–Crippen LogP) is 4.37. The van der Waals surface area contributed by atoms with Crippen molar-refractivity contribution in [1.29, 1.82) is 0 Å². The molecule has 80 valence electrons. The van der Waals surface area contributed by atoms with Gasteiger partial charge in [-0.05, 0) is 25.0 Å². The Hall–Kier alpha value is -0.530. The molecule has 1 fully saturated rings. The number of ketones is 1. The number of carbonyl (C=O) groups is 1. The van der Waals surface area contributed by atoms with E-state index < -0.39 is 0 Å². The first-order valence-electron chi connectivity index (χ1n) is 5.18. The summed E-state index contributed by atoms with van der Waals surface area (Å²) in [7, 11) is 0. The lowest BCUT2D eigenvalue weighted by molar-refractivity contribution is 0.0923. The van der Waals surface area contributed by atoms with Crippen molar-refractivity contribution in [3.63, 3.8) is 0 Å². The van der Waals surface area contributed by atoms with E-state index in [-0.39, 0.29) is 11.7 Å². The molecular weight excluding hydrogens is 231 g/mol. The Bertz CT molecular complexity index is 381. The average molecular weight is 243 g/mol. The van der Waals surface area contributed by atoms with Crippen molar-refractivity contribution >= 4 is 29.0 Å².